The van der Waals surface area contributed by atoms with Gasteiger partial charge >= 0.3 is 0 Å². The van der Waals surface area contributed by atoms with Gasteiger partial charge in [0.1, 0.15) is 0 Å². The number of nitrogens with one attached hydrogen (secondary N) is 1. The molecule has 88 valence electrons. The van der Waals surface area contributed by atoms with Crippen molar-refractivity contribution >= 4 is 0 Å². The SMILES string of the molecule is CCOC1(C(CC2CC2)NC)CCCC1. The van der Waals surface area contributed by atoms with Crippen LogP contribution in [-0.2, 0) is 4.74 Å². The number of rotatable bonds is 6. The summed E-state index contributed by atoms with van der Waals surface area (Å²) in [5.41, 5.74) is 0.173. The molecule has 0 aliphatic heterocycles. The molecule has 0 radical (unpaired) electrons. The molecule has 2 rings (SSSR count). The molecule has 0 aromatic heterocycles. The summed E-state index contributed by atoms with van der Waals surface area (Å²) in [5, 5.41) is 3.52. The van der Waals surface area contributed by atoms with Gasteiger partial charge in [0.15, 0.2) is 0 Å². The molecule has 0 spiro atoms. The van der Waals surface area contributed by atoms with E-state index in [4.69, 9.17) is 4.74 Å². The second kappa shape index (κ2) is 4.84. The number of ether oxygens (including phenoxy) is 1. The van der Waals surface area contributed by atoms with Crippen molar-refractivity contribution in [2.45, 2.75) is 63.5 Å². The number of likely N-dealkylation sites (N-methyl/N-ethyl adjacent to an activating group) is 1. The average molecular weight is 211 g/mol. The molecule has 1 N–H and O–H groups in total. The molecule has 0 saturated heterocycles. The molecule has 2 fully saturated rings. The van der Waals surface area contributed by atoms with Crippen molar-refractivity contribution < 1.29 is 4.74 Å². The summed E-state index contributed by atoms with van der Waals surface area (Å²) in [6.45, 7) is 2.99. The number of hydrogen-bond acceptors (Lipinski definition) is 2. The van der Waals surface area contributed by atoms with Gasteiger partial charge in [-0.25, -0.2) is 0 Å². The molecule has 0 amide bonds. The lowest BCUT2D eigenvalue weighted by molar-refractivity contribution is -0.0627. The van der Waals surface area contributed by atoms with E-state index >= 15 is 0 Å². The first-order chi connectivity index (χ1) is 7.30. The van der Waals surface area contributed by atoms with E-state index < -0.39 is 0 Å². The van der Waals surface area contributed by atoms with Crippen molar-refractivity contribution in [3.05, 3.63) is 0 Å². The van der Waals surface area contributed by atoms with Gasteiger partial charge < -0.3 is 10.1 Å². The van der Waals surface area contributed by atoms with Crippen LogP contribution in [0.3, 0.4) is 0 Å². The van der Waals surface area contributed by atoms with E-state index in [1.165, 1.54) is 44.9 Å². The highest BCUT2D eigenvalue weighted by Gasteiger charge is 2.43. The first-order valence-electron chi connectivity index (χ1n) is 6.62. The summed E-state index contributed by atoms with van der Waals surface area (Å²) in [4.78, 5) is 0. The molecule has 2 heteroatoms. The fourth-order valence-corrected chi connectivity index (χ4v) is 3.14. The third kappa shape index (κ3) is 2.54. The molecule has 2 nitrogen and oxygen atoms in total. The minimum absolute atomic E-state index is 0.173. The molecule has 0 aromatic carbocycles. The van der Waals surface area contributed by atoms with Gasteiger partial charge in [0.05, 0.1) is 5.60 Å². The highest BCUT2D eigenvalue weighted by Crippen LogP contribution is 2.42. The second-order valence-electron chi connectivity index (χ2n) is 5.23. The van der Waals surface area contributed by atoms with E-state index in [0.717, 1.165) is 12.5 Å². The summed E-state index contributed by atoms with van der Waals surface area (Å²) < 4.78 is 6.11. The molecule has 15 heavy (non-hydrogen) atoms. The fourth-order valence-electron chi connectivity index (χ4n) is 3.14. The van der Waals surface area contributed by atoms with Crippen molar-refractivity contribution in [2.24, 2.45) is 5.92 Å². The molecule has 0 aromatic rings. The van der Waals surface area contributed by atoms with E-state index in [-0.39, 0.29) is 5.60 Å². The van der Waals surface area contributed by atoms with Gasteiger partial charge in [0.2, 0.25) is 0 Å². The summed E-state index contributed by atoms with van der Waals surface area (Å²) in [6, 6.07) is 0.590. The summed E-state index contributed by atoms with van der Waals surface area (Å²) in [7, 11) is 2.10. The Bertz CT molecular complexity index is 195. The summed E-state index contributed by atoms with van der Waals surface area (Å²) in [5.74, 6) is 0.986. The maximum atomic E-state index is 6.11. The van der Waals surface area contributed by atoms with Gasteiger partial charge in [0.25, 0.3) is 0 Å². The third-order valence-electron chi connectivity index (χ3n) is 4.13. The van der Waals surface area contributed by atoms with Gasteiger partial charge in [-0.3, -0.25) is 0 Å². The molecular weight excluding hydrogens is 186 g/mol. The van der Waals surface area contributed by atoms with Crippen molar-refractivity contribution in [1.82, 2.24) is 5.32 Å². The molecule has 2 saturated carbocycles. The van der Waals surface area contributed by atoms with Crippen molar-refractivity contribution in [1.29, 1.82) is 0 Å². The van der Waals surface area contributed by atoms with Gasteiger partial charge in [-0.1, -0.05) is 25.7 Å². The van der Waals surface area contributed by atoms with Crippen LogP contribution >= 0.6 is 0 Å². The Hall–Kier alpha value is -0.0800. The average Bonchev–Trinajstić information content (AvgIpc) is 2.95. The van der Waals surface area contributed by atoms with E-state index in [1.54, 1.807) is 0 Å². The highest BCUT2D eigenvalue weighted by molar-refractivity contribution is 4.98. The van der Waals surface area contributed by atoms with Gasteiger partial charge in [-0.15, -0.1) is 0 Å². The van der Waals surface area contributed by atoms with Crippen LogP contribution in [0.1, 0.15) is 51.9 Å². The minimum atomic E-state index is 0.173. The van der Waals surface area contributed by atoms with Crippen molar-refractivity contribution in [3.8, 4) is 0 Å². The van der Waals surface area contributed by atoms with Crippen molar-refractivity contribution in [3.63, 3.8) is 0 Å². The van der Waals surface area contributed by atoms with Crippen LogP contribution in [0.15, 0.2) is 0 Å². The number of hydrogen-bond donors (Lipinski definition) is 1. The first kappa shape index (κ1) is 11.4. The summed E-state index contributed by atoms with van der Waals surface area (Å²) >= 11 is 0. The molecule has 2 aliphatic rings. The maximum absolute atomic E-state index is 6.11. The Morgan fingerprint density at radius 1 is 1.33 bits per heavy atom. The van der Waals surface area contributed by atoms with Crippen molar-refractivity contribution in [2.75, 3.05) is 13.7 Å². The fraction of sp³-hybridized carbons (Fsp3) is 1.00. The quantitative estimate of drug-likeness (QED) is 0.729. The van der Waals surface area contributed by atoms with E-state index in [1.807, 2.05) is 0 Å². The molecular formula is C13H25NO. The zero-order valence-electron chi connectivity index (χ0n) is 10.2. The zero-order chi connectivity index (χ0) is 10.7. The molecule has 1 atom stereocenters. The van der Waals surface area contributed by atoms with E-state index in [0.29, 0.717) is 6.04 Å². The Morgan fingerprint density at radius 3 is 2.47 bits per heavy atom. The largest absolute Gasteiger partial charge is 0.374 e. The zero-order valence-corrected chi connectivity index (χ0v) is 10.2. The lowest BCUT2D eigenvalue weighted by Crippen LogP contribution is -2.50. The lowest BCUT2D eigenvalue weighted by Gasteiger charge is -2.37. The summed E-state index contributed by atoms with van der Waals surface area (Å²) in [6.07, 6.45) is 9.45. The van der Waals surface area contributed by atoms with Crippen LogP contribution in [0.25, 0.3) is 0 Å². The van der Waals surface area contributed by atoms with Crippen LogP contribution < -0.4 is 5.32 Å². The second-order valence-corrected chi connectivity index (χ2v) is 5.23. The molecule has 0 heterocycles. The third-order valence-corrected chi connectivity index (χ3v) is 4.13. The standard InChI is InChI=1S/C13H25NO/c1-3-15-13(8-4-5-9-13)12(14-2)10-11-6-7-11/h11-12,14H,3-10H2,1-2H3. The lowest BCUT2D eigenvalue weighted by atomic mass is 9.88. The Labute approximate surface area is 93.8 Å². The predicted octanol–water partition coefficient (Wildman–Crippen LogP) is 2.72. The minimum Gasteiger partial charge on any atom is -0.374 e. The molecule has 2 aliphatic carbocycles. The monoisotopic (exact) mass is 211 g/mol. The van der Waals surface area contributed by atoms with Gasteiger partial charge in [0, 0.05) is 12.6 Å². The van der Waals surface area contributed by atoms with Crippen LogP contribution in [-0.4, -0.2) is 25.3 Å². The first-order valence-corrected chi connectivity index (χ1v) is 6.62. The van der Waals surface area contributed by atoms with Crippen LogP contribution in [0.4, 0.5) is 0 Å². The predicted molar refractivity (Wildman–Crippen MR) is 63.0 cm³/mol. The Morgan fingerprint density at radius 2 is 2.00 bits per heavy atom. The van der Waals surface area contributed by atoms with Crippen LogP contribution in [0, 0.1) is 5.92 Å². The Balaban J connectivity index is 1.98. The van der Waals surface area contributed by atoms with Gasteiger partial charge in [-0.2, -0.15) is 0 Å². The highest BCUT2D eigenvalue weighted by atomic mass is 16.5. The van der Waals surface area contributed by atoms with Crippen LogP contribution in [0.2, 0.25) is 0 Å². The van der Waals surface area contributed by atoms with E-state index in [9.17, 15) is 0 Å². The molecule has 0 bridgehead atoms. The van der Waals surface area contributed by atoms with Gasteiger partial charge in [-0.05, 0) is 39.2 Å². The van der Waals surface area contributed by atoms with Crippen LogP contribution in [0.5, 0.6) is 0 Å². The normalized spacial score (nSPS) is 26.8. The maximum Gasteiger partial charge on any atom is 0.0834 e. The van der Waals surface area contributed by atoms with E-state index in [2.05, 4.69) is 19.3 Å². The molecule has 1 unspecified atom stereocenters. The smallest absolute Gasteiger partial charge is 0.0834 e. The Kier molecular flexibility index (Phi) is 3.68. The topological polar surface area (TPSA) is 21.3 Å².